The number of aryl methyl sites for hydroxylation is 1. The summed E-state index contributed by atoms with van der Waals surface area (Å²) in [6.45, 7) is 3.89. The predicted molar refractivity (Wildman–Crippen MR) is 144 cm³/mol. The number of hydrogen-bond donors (Lipinski definition) is 3. The van der Waals surface area contributed by atoms with Gasteiger partial charge < -0.3 is 20.3 Å². The highest BCUT2D eigenvalue weighted by molar-refractivity contribution is 7.15. The fourth-order valence-electron chi connectivity index (χ4n) is 4.66. The fraction of sp³-hybridized carbons (Fsp3) is 0.444. The third-order valence-corrected chi connectivity index (χ3v) is 8.28. The van der Waals surface area contributed by atoms with Crippen molar-refractivity contribution in [1.82, 2.24) is 15.0 Å². The number of hydrogen-bond acceptors (Lipinski definition) is 8. The monoisotopic (exact) mass is 634 g/mol. The molecule has 1 unspecified atom stereocenters. The van der Waals surface area contributed by atoms with E-state index in [1.165, 1.54) is 11.3 Å². The van der Waals surface area contributed by atoms with E-state index in [-0.39, 0.29) is 17.8 Å². The second kappa shape index (κ2) is 13.2. The van der Waals surface area contributed by atoms with Crippen molar-refractivity contribution in [2.24, 2.45) is 11.8 Å². The average Bonchev–Trinajstić information content (AvgIpc) is 3.43. The summed E-state index contributed by atoms with van der Waals surface area (Å²) in [6, 6.07) is 6.41. The number of aliphatic carboxylic acids is 2. The molecule has 1 aliphatic rings. The fourth-order valence-corrected chi connectivity index (χ4v) is 5.77. The van der Waals surface area contributed by atoms with E-state index < -0.39 is 35.6 Å². The SMILES string of the molecule is COC(C)(c1ncc(-c2cc(C)cc(Nc3nccc(C(F)(F)F)n3)c2)s1)C1CCC(C(=O)O)CC1.O=C(O)C(F)(F)F. The minimum Gasteiger partial charge on any atom is -0.481 e. The van der Waals surface area contributed by atoms with E-state index in [1.54, 1.807) is 19.4 Å². The van der Waals surface area contributed by atoms with Gasteiger partial charge in [0.25, 0.3) is 0 Å². The molecule has 2 aromatic heterocycles. The Balaban J connectivity index is 0.000000646. The van der Waals surface area contributed by atoms with Crippen LogP contribution in [-0.4, -0.2) is 50.4 Å². The zero-order valence-electron chi connectivity index (χ0n) is 23.1. The molecular weight excluding hydrogens is 606 g/mol. The number of aromatic nitrogens is 3. The zero-order chi connectivity index (χ0) is 32.2. The summed E-state index contributed by atoms with van der Waals surface area (Å²) in [5, 5.41) is 20.1. The van der Waals surface area contributed by atoms with Gasteiger partial charge in [0.05, 0.1) is 10.8 Å². The molecule has 9 nitrogen and oxygen atoms in total. The summed E-state index contributed by atoms with van der Waals surface area (Å²) in [7, 11) is 1.65. The van der Waals surface area contributed by atoms with Crippen LogP contribution < -0.4 is 5.32 Å². The molecule has 0 radical (unpaired) electrons. The number of halogens is 6. The van der Waals surface area contributed by atoms with E-state index in [1.807, 2.05) is 26.0 Å². The van der Waals surface area contributed by atoms with Gasteiger partial charge in [0, 0.05) is 25.2 Å². The van der Waals surface area contributed by atoms with Gasteiger partial charge in [0.1, 0.15) is 16.3 Å². The highest BCUT2D eigenvalue weighted by Gasteiger charge is 2.42. The van der Waals surface area contributed by atoms with E-state index in [4.69, 9.17) is 14.6 Å². The maximum Gasteiger partial charge on any atom is 0.490 e. The Labute approximate surface area is 246 Å². The minimum atomic E-state index is -5.08. The summed E-state index contributed by atoms with van der Waals surface area (Å²) in [6.07, 6.45) is -4.10. The van der Waals surface area contributed by atoms with Crippen molar-refractivity contribution in [3.8, 4) is 10.4 Å². The predicted octanol–water partition coefficient (Wildman–Crippen LogP) is 7.06. The first-order valence-corrected chi connectivity index (χ1v) is 13.6. The highest BCUT2D eigenvalue weighted by atomic mass is 32.1. The molecule has 4 rings (SSSR count). The number of nitrogens with zero attached hydrogens (tertiary/aromatic N) is 3. The number of thiazole rings is 1. The number of carboxylic acid groups (broad SMARTS) is 2. The summed E-state index contributed by atoms with van der Waals surface area (Å²) in [5.41, 5.74) is 0.639. The number of anilines is 2. The maximum atomic E-state index is 13.0. The van der Waals surface area contributed by atoms with Gasteiger partial charge in [-0.25, -0.2) is 19.7 Å². The van der Waals surface area contributed by atoms with Crippen LogP contribution in [0.4, 0.5) is 38.0 Å². The standard InChI is InChI=1S/C25H27F3N4O3S.C2HF3O2/c1-14-10-16(12-18(11-14)31-23-29-9-8-20(32-23)25(26,27)28)19-13-30-22(36-19)24(2,35-3)17-6-4-15(5-7-17)21(33)34;3-2(4,5)1(6)7/h8-13,15,17H,4-7H2,1-3H3,(H,33,34)(H,29,31,32);(H,6,7). The van der Waals surface area contributed by atoms with Crippen LogP contribution in [-0.2, 0) is 26.1 Å². The third kappa shape index (κ3) is 8.63. The zero-order valence-corrected chi connectivity index (χ0v) is 23.9. The van der Waals surface area contributed by atoms with Crippen LogP contribution in [0.2, 0.25) is 0 Å². The number of ether oxygens (including phenoxy) is 1. The molecular formula is C27H28F6N4O5S. The molecule has 0 amide bonds. The van der Waals surface area contributed by atoms with Gasteiger partial charge in [-0.3, -0.25) is 4.79 Å². The average molecular weight is 635 g/mol. The number of nitrogens with one attached hydrogen (secondary N) is 1. The van der Waals surface area contributed by atoms with Crippen molar-refractivity contribution in [2.45, 2.75) is 57.5 Å². The smallest absolute Gasteiger partial charge is 0.481 e. The Morgan fingerprint density at radius 2 is 1.65 bits per heavy atom. The van der Waals surface area contributed by atoms with E-state index in [0.717, 1.165) is 46.1 Å². The molecule has 0 spiro atoms. The third-order valence-electron chi connectivity index (χ3n) is 7.02. The number of carboxylic acids is 2. The van der Waals surface area contributed by atoms with Crippen LogP contribution >= 0.6 is 11.3 Å². The maximum absolute atomic E-state index is 13.0. The van der Waals surface area contributed by atoms with E-state index >= 15 is 0 Å². The Morgan fingerprint density at radius 3 is 2.19 bits per heavy atom. The van der Waals surface area contributed by atoms with Gasteiger partial charge in [0.15, 0.2) is 0 Å². The lowest BCUT2D eigenvalue weighted by Gasteiger charge is -2.38. The number of rotatable bonds is 7. The molecule has 0 aliphatic heterocycles. The van der Waals surface area contributed by atoms with Crippen LogP contribution in [0.25, 0.3) is 10.4 Å². The van der Waals surface area contributed by atoms with Crippen molar-refractivity contribution in [2.75, 3.05) is 12.4 Å². The summed E-state index contributed by atoms with van der Waals surface area (Å²) >= 11 is 1.49. The molecule has 43 heavy (non-hydrogen) atoms. The molecule has 2 heterocycles. The lowest BCUT2D eigenvalue weighted by molar-refractivity contribution is -0.192. The van der Waals surface area contributed by atoms with E-state index in [9.17, 15) is 36.2 Å². The van der Waals surface area contributed by atoms with Gasteiger partial charge in [-0.2, -0.15) is 26.3 Å². The first-order valence-electron chi connectivity index (χ1n) is 12.8. The van der Waals surface area contributed by atoms with Crippen LogP contribution in [0.3, 0.4) is 0 Å². The van der Waals surface area contributed by atoms with Crippen LogP contribution in [0.1, 0.15) is 48.9 Å². The van der Waals surface area contributed by atoms with Crippen LogP contribution in [0.15, 0.2) is 36.7 Å². The number of alkyl halides is 6. The molecule has 1 aliphatic carbocycles. The van der Waals surface area contributed by atoms with Gasteiger partial charge in [-0.05, 0) is 74.8 Å². The van der Waals surface area contributed by atoms with Crippen molar-refractivity contribution >= 4 is 34.9 Å². The van der Waals surface area contributed by atoms with E-state index in [2.05, 4.69) is 20.3 Å². The molecule has 1 saturated carbocycles. The van der Waals surface area contributed by atoms with Gasteiger partial charge >= 0.3 is 24.3 Å². The Kier molecular flexibility index (Phi) is 10.4. The Hall–Kier alpha value is -3.79. The van der Waals surface area contributed by atoms with Crippen molar-refractivity contribution < 1.29 is 50.9 Å². The quantitative estimate of drug-likeness (QED) is 0.234. The largest absolute Gasteiger partial charge is 0.490 e. The molecule has 1 atom stereocenters. The van der Waals surface area contributed by atoms with Gasteiger partial charge in [-0.1, -0.05) is 6.07 Å². The molecule has 3 N–H and O–H groups in total. The van der Waals surface area contributed by atoms with Gasteiger partial charge in [-0.15, -0.1) is 11.3 Å². The molecule has 0 saturated heterocycles. The Morgan fingerprint density at radius 1 is 1.02 bits per heavy atom. The minimum absolute atomic E-state index is 0.143. The summed E-state index contributed by atoms with van der Waals surface area (Å²) in [5.74, 6) is -3.82. The summed E-state index contributed by atoms with van der Waals surface area (Å²) < 4.78 is 76.7. The summed E-state index contributed by atoms with van der Waals surface area (Å²) in [4.78, 5) is 33.3. The molecule has 1 aromatic carbocycles. The topological polar surface area (TPSA) is 135 Å². The molecule has 1 fully saturated rings. The lowest BCUT2D eigenvalue weighted by atomic mass is 9.74. The molecule has 234 valence electrons. The van der Waals surface area contributed by atoms with Gasteiger partial charge in [0.2, 0.25) is 5.95 Å². The number of methoxy groups -OCH3 is 1. The van der Waals surface area contributed by atoms with Crippen LogP contribution in [0.5, 0.6) is 0 Å². The van der Waals surface area contributed by atoms with Crippen LogP contribution in [0, 0.1) is 18.8 Å². The van der Waals surface area contributed by atoms with E-state index in [0.29, 0.717) is 18.5 Å². The number of carbonyl (C=O) groups is 2. The molecule has 16 heteroatoms. The molecule has 3 aromatic rings. The first-order chi connectivity index (χ1) is 19.9. The van der Waals surface area contributed by atoms with Crippen molar-refractivity contribution in [3.05, 3.63) is 52.9 Å². The normalized spacial score (nSPS) is 18.6. The first kappa shape index (κ1) is 33.7. The second-order valence-corrected chi connectivity index (χ2v) is 11.0. The molecule has 0 bridgehead atoms. The van der Waals surface area contributed by atoms with Crippen molar-refractivity contribution in [1.29, 1.82) is 0 Å². The second-order valence-electron chi connectivity index (χ2n) is 10.0. The number of benzene rings is 1. The highest BCUT2D eigenvalue weighted by Crippen LogP contribution is 2.45. The van der Waals surface area contributed by atoms with Crippen molar-refractivity contribution in [3.63, 3.8) is 0 Å². The Bertz CT molecular complexity index is 1440. The lowest BCUT2D eigenvalue weighted by Crippen LogP contribution is -2.37.